The van der Waals surface area contributed by atoms with Gasteiger partial charge < -0.3 is 10.6 Å². The third-order valence-electron chi connectivity index (χ3n) is 11.8. The second kappa shape index (κ2) is 11.7. The van der Waals surface area contributed by atoms with E-state index < -0.39 is 0 Å². The molecule has 0 saturated heterocycles. The van der Waals surface area contributed by atoms with Gasteiger partial charge in [0.25, 0.3) is 0 Å². The Kier molecular flexibility index (Phi) is 6.91. The largest absolute Gasteiger partial charge is 0.398 e. The monoisotopic (exact) mass is 668 g/mol. The summed E-state index contributed by atoms with van der Waals surface area (Å²) in [4.78, 5) is 2.64. The summed E-state index contributed by atoms with van der Waals surface area (Å²) in [6.45, 7) is 4.93. The van der Waals surface area contributed by atoms with Crippen LogP contribution >= 0.6 is 0 Å². The number of allylic oxidation sites excluding steroid dienone is 3. The number of hydrogen-bond donors (Lipinski definition) is 1. The maximum atomic E-state index is 6.39. The Morgan fingerprint density at radius 3 is 2.13 bits per heavy atom. The fraction of sp³-hybridized carbons (Fsp3) is 0.120. The first-order valence-corrected chi connectivity index (χ1v) is 18.4. The minimum atomic E-state index is -0.173. The number of nitrogens with two attached hydrogens (primary N) is 1. The quantitative estimate of drug-likeness (QED) is 0.185. The van der Waals surface area contributed by atoms with Gasteiger partial charge in [-0.3, -0.25) is 0 Å². The molecule has 0 radical (unpaired) electrons. The van der Waals surface area contributed by atoms with Gasteiger partial charge in [-0.1, -0.05) is 166 Å². The number of rotatable bonds is 5. The molecule has 2 N–H and O–H groups in total. The van der Waals surface area contributed by atoms with Crippen molar-refractivity contribution in [2.24, 2.45) is 5.73 Å². The standard InChI is InChI=1S/C50H40N2/c1-50(2)47-41-21-9-7-18-38(41)37-17-6-8-20-40(37)46(47)43-29-28-42-39-19-10-11-22-45(39)52(49(42)48(43)50)36-16-12-15-35(31-36)33-26-23-32(24-27-33)25-30-44(51)34-13-4-3-5-14-34/h3-24,26-31,42,49H,25,51H2,1-2H3/b44-30-. The fourth-order valence-corrected chi connectivity index (χ4v) is 9.51. The van der Waals surface area contributed by atoms with E-state index in [1.807, 2.05) is 18.2 Å². The predicted octanol–water partition coefficient (Wildman–Crippen LogP) is 12.1. The summed E-state index contributed by atoms with van der Waals surface area (Å²) in [5, 5.41) is 5.39. The van der Waals surface area contributed by atoms with E-state index in [2.05, 4.69) is 170 Å². The van der Waals surface area contributed by atoms with Crippen LogP contribution < -0.4 is 10.6 Å². The number of anilines is 2. The Morgan fingerprint density at radius 1 is 0.673 bits per heavy atom. The molecule has 52 heavy (non-hydrogen) atoms. The van der Waals surface area contributed by atoms with Crippen LogP contribution in [0.1, 0.15) is 47.6 Å². The van der Waals surface area contributed by atoms with E-state index in [-0.39, 0.29) is 17.4 Å². The summed E-state index contributed by atoms with van der Waals surface area (Å²) in [5.74, 6) is 0.264. The Balaban J connectivity index is 1.06. The number of benzene rings is 7. The fourth-order valence-electron chi connectivity index (χ4n) is 9.51. The lowest BCUT2D eigenvalue weighted by Gasteiger charge is -2.39. The molecule has 7 aromatic rings. The first-order chi connectivity index (χ1) is 25.5. The minimum Gasteiger partial charge on any atom is -0.398 e. The summed E-state index contributed by atoms with van der Waals surface area (Å²) >= 11 is 0. The van der Waals surface area contributed by atoms with Crippen LogP contribution in [0.3, 0.4) is 0 Å². The van der Waals surface area contributed by atoms with Crippen LogP contribution in [-0.2, 0) is 11.8 Å². The van der Waals surface area contributed by atoms with Gasteiger partial charge in [-0.2, -0.15) is 0 Å². The smallest absolute Gasteiger partial charge is 0.0673 e. The predicted molar refractivity (Wildman–Crippen MR) is 220 cm³/mol. The number of nitrogens with zero attached hydrogens (tertiary/aromatic N) is 1. The van der Waals surface area contributed by atoms with Gasteiger partial charge in [0, 0.05) is 28.4 Å². The average molecular weight is 669 g/mol. The summed E-state index contributed by atoms with van der Waals surface area (Å²) in [6, 6.07) is 55.5. The molecule has 0 bridgehead atoms. The Bertz CT molecular complexity index is 2640. The molecular weight excluding hydrogens is 629 g/mol. The molecular formula is C50H40N2. The van der Waals surface area contributed by atoms with Crippen molar-refractivity contribution >= 4 is 44.2 Å². The van der Waals surface area contributed by atoms with E-state index in [0.717, 1.165) is 17.7 Å². The summed E-state index contributed by atoms with van der Waals surface area (Å²) in [6.07, 6.45) is 7.84. The summed E-state index contributed by atoms with van der Waals surface area (Å²) in [5.41, 5.74) is 21.5. The zero-order valence-corrected chi connectivity index (χ0v) is 29.6. The highest BCUT2D eigenvalue weighted by atomic mass is 15.2. The molecule has 2 heteroatoms. The molecule has 1 aliphatic heterocycles. The van der Waals surface area contributed by atoms with Crippen molar-refractivity contribution in [3.63, 3.8) is 0 Å². The van der Waals surface area contributed by atoms with Crippen LogP contribution in [0.15, 0.2) is 175 Å². The van der Waals surface area contributed by atoms with Crippen molar-refractivity contribution < 1.29 is 0 Å². The van der Waals surface area contributed by atoms with Crippen LogP contribution in [0.2, 0.25) is 0 Å². The second-order valence-electron chi connectivity index (χ2n) is 15.0. The van der Waals surface area contributed by atoms with E-state index in [4.69, 9.17) is 5.73 Å². The highest BCUT2D eigenvalue weighted by Gasteiger charge is 2.51. The normalized spacial score (nSPS) is 18.4. The van der Waals surface area contributed by atoms with Gasteiger partial charge in [0.15, 0.2) is 0 Å². The van der Waals surface area contributed by atoms with Crippen LogP contribution in [0.25, 0.3) is 43.9 Å². The Hall–Kier alpha value is -6.12. The van der Waals surface area contributed by atoms with Crippen molar-refractivity contribution in [2.75, 3.05) is 4.90 Å². The Labute approximate surface area is 305 Å². The van der Waals surface area contributed by atoms with Crippen molar-refractivity contribution in [3.8, 4) is 11.1 Å². The topological polar surface area (TPSA) is 29.3 Å². The highest BCUT2D eigenvalue weighted by Crippen LogP contribution is 2.61. The van der Waals surface area contributed by atoms with Gasteiger partial charge in [-0.25, -0.2) is 0 Å². The van der Waals surface area contributed by atoms with Crippen molar-refractivity contribution in [1.29, 1.82) is 0 Å². The van der Waals surface area contributed by atoms with Crippen LogP contribution in [0.4, 0.5) is 11.4 Å². The molecule has 7 aromatic carbocycles. The van der Waals surface area contributed by atoms with Gasteiger partial charge in [0.05, 0.1) is 6.04 Å². The van der Waals surface area contributed by atoms with Crippen molar-refractivity contribution in [2.45, 2.75) is 37.6 Å². The third kappa shape index (κ3) is 4.57. The van der Waals surface area contributed by atoms with E-state index in [9.17, 15) is 0 Å². The molecule has 2 unspecified atom stereocenters. The van der Waals surface area contributed by atoms with Gasteiger partial charge in [-0.05, 0) is 96.3 Å². The molecule has 3 aliphatic rings. The maximum absolute atomic E-state index is 6.39. The van der Waals surface area contributed by atoms with Crippen molar-refractivity contribution in [3.05, 3.63) is 203 Å². The second-order valence-corrected chi connectivity index (χ2v) is 15.0. The molecule has 2 aliphatic carbocycles. The molecule has 0 saturated carbocycles. The third-order valence-corrected chi connectivity index (χ3v) is 11.8. The lowest BCUT2D eigenvalue weighted by molar-refractivity contribution is 0.556. The lowest BCUT2D eigenvalue weighted by Crippen LogP contribution is -2.39. The van der Waals surface area contributed by atoms with E-state index in [0.29, 0.717) is 0 Å². The van der Waals surface area contributed by atoms with Gasteiger partial charge in [-0.15, -0.1) is 0 Å². The molecule has 0 amide bonds. The zero-order valence-electron chi connectivity index (χ0n) is 29.6. The molecule has 250 valence electrons. The van der Waals surface area contributed by atoms with Crippen LogP contribution in [0.5, 0.6) is 0 Å². The Morgan fingerprint density at radius 2 is 1.35 bits per heavy atom. The zero-order chi connectivity index (χ0) is 35.0. The van der Waals surface area contributed by atoms with Gasteiger partial charge in [0.2, 0.25) is 0 Å². The number of fused-ring (bicyclic) bond motifs is 11. The summed E-state index contributed by atoms with van der Waals surface area (Å²) < 4.78 is 0. The van der Waals surface area contributed by atoms with Crippen molar-refractivity contribution in [1.82, 2.24) is 0 Å². The van der Waals surface area contributed by atoms with Crippen LogP contribution in [-0.4, -0.2) is 6.04 Å². The molecule has 0 fully saturated rings. The first-order valence-electron chi connectivity index (χ1n) is 18.4. The minimum absolute atomic E-state index is 0.164. The number of hydrogen-bond acceptors (Lipinski definition) is 2. The van der Waals surface area contributed by atoms with E-state index in [1.54, 1.807) is 0 Å². The lowest BCUT2D eigenvalue weighted by atomic mass is 9.72. The van der Waals surface area contributed by atoms with Gasteiger partial charge in [0.1, 0.15) is 0 Å². The molecule has 10 rings (SSSR count). The molecule has 0 aromatic heterocycles. The molecule has 2 atom stereocenters. The maximum Gasteiger partial charge on any atom is 0.0673 e. The molecule has 1 heterocycles. The van der Waals surface area contributed by atoms with Gasteiger partial charge >= 0.3 is 0 Å². The van der Waals surface area contributed by atoms with Crippen LogP contribution in [0, 0.1) is 0 Å². The van der Waals surface area contributed by atoms with E-state index in [1.165, 1.54) is 77.4 Å². The first kappa shape index (κ1) is 30.7. The van der Waals surface area contributed by atoms with E-state index >= 15 is 0 Å². The average Bonchev–Trinajstić information content (AvgIpc) is 3.66. The highest BCUT2D eigenvalue weighted by molar-refractivity contribution is 6.17. The molecule has 2 nitrogen and oxygen atoms in total. The SMILES string of the molecule is CC1(C)C2=C(C=CC3c4ccccc4N(c4cccc(-c5ccc(C/C=C(\N)c6ccccc6)cc5)c4)C23)c2c1c1ccccc1c1ccccc21. The number of para-hydroxylation sites is 1. The molecule has 0 spiro atoms. The summed E-state index contributed by atoms with van der Waals surface area (Å²) in [7, 11) is 0.